The Morgan fingerprint density at radius 2 is 2.04 bits per heavy atom. The molecule has 2 aromatic heterocycles. The number of thioether (sulfide) groups is 1. The Morgan fingerprint density at radius 3 is 2.78 bits per heavy atom. The van der Waals surface area contributed by atoms with Crippen molar-refractivity contribution in [3.8, 4) is 0 Å². The largest absolute Gasteiger partial charge is 0.368 e. The molecule has 1 aliphatic heterocycles. The summed E-state index contributed by atoms with van der Waals surface area (Å²) in [5, 5.41) is 0. The number of benzene rings is 1. The molecule has 4 nitrogen and oxygen atoms in total. The number of fused-ring (bicyclic) bond motifs is 1. The number of thiazole rings is 1. The van der Waals surface area contributed by atoms with Crippen LogP contribution in [0.15, 0.2) is 24.4 Å². The predicted molar refractivity (Wildman–Crippen MR) is 111 cm³/mol. The van der Waals surface area contributed by atoms with Gasteiger partial charge in [-0.2, -0.15) is 11.8 Å². The first-order valence-electron chi connectivity index (χ1n) is 9.12. The van der Waals surface area contributed by atoms with E-state index in [4.69, 9.17) is 0 Å². The molecule has 1 saturated heterocycles. The molecule has 0 aliphatic carbocycles. The molecule has 0 spiro atoms. The van der Waals surface area contributed by atoms with E-state index in [1.165, 1.54) is 0 Å². The third-order valence-electron chi connectivity index (χ3n) is 4.88. The second-order valence-corrected chi connectivity index (χ2v) is 9.29. The maximum Gasteiger partial charge on any atom is 0.194 e. The molecular formula is C20H22FN3OS2. The lowest BCUT2D eigenvalue weighted by Gasteiger charge is -2.28. The Hall–Kier alpha value is -1.86. The summed E-state index contributed by atoms with van der Waals surface area (Å²) < 4.78 is 16.4. The van der Waals surface area contributed by atoms with Crippen molar-refractivity contribution in [1.82, 2.24) is 9.38 Å². The predicted octanol–water partition coefficient (Wildman–Crippen LogP) is 4.52. The molecule has 142 valence electrons. The van der Waals surface area contributed by atoms with E-state index in [1.807, 2.05) is 48.3 Å². The second kappa shape index (κ2) is 7.64. The highest BCUT2D eigenvalue weighted by molar-refractivity contribution is 7.99. The van der Waals surface area contributed by atoms with Gasteiger partial charge in [-0.3, -0.25) is 9.20 Å². The number of aryl methyl sites for hydroxylation is 3. The van der Waals surface area contributed by atoms with Gasteiger partial charge in [0.15, 0.2) is 10.7 Å². The lowest BCUT2D eigenvalue weighted by Crippen LogP contribution is -2.33. The number of anilines is 1. The topological polar surface area (TPSA) is 37.6 Å². The van der Waals surface area contributed by atoms with Crippen LogP contribution in [0.3, 0.4) is 0 Å². The Kier molecular flexibility index (Phi) is 5.23. The van der Waals surface area contributed by atoms with E-state index in [1.54, 1.807) is 17.4 Å². The van der Waals surface area contributed by atoms with Gasteiger partial charge in [-0.1, -0.05) is 6.07 Å². The minimum absolute atomic E-state index is 0.0512. The van der Waals surface area contributed by atoms with Gasteiger partial charge in [-0.15, -0.1) is 11.3 Å². The van der Waals surface area contributed by atoms with Crippen LogP contribution < -0.4 is 4.90 Å². The second-order valence-electron chi connectivity index (χ2n) is 6.85. The Labute approximate surface area is 166 Å². The number of rotatable bonds is 5. The van der Waals surface area contributed by atoms with Crippen LogP contribution >= 0.6 is 23.1 Å². The molecule has 4 rings (SSSR count). The van der Waals surface area contributed by atoms with Crippen LogP contribution in [0.2, 0.25) is 0 Å². The van der Waals surface area contributed by atoms with Crippen LogP contribution in [0.1, 0.15) is 33.0 Å². The number of imidazole rings is 1. The minimum Gasteiger partial charge on any atom is -0.368 e. The van der Waals surface area contributed by atoms with Crippen LogP contribution in [0, 0.1) is 19.7 Å². The first-order valence-corrected chi connectivity index (χ1v) is 11.1. The van der Waals surface area contributed by atoms with Crippen LogP contribution in [0.4, 0.5) is 10.1 Å². The average molecular weight is 404 g/mol. The van der Waals surface area contributed by atoms with Crippen LogP contribution in [0.5, 0.6) is 0 Å². The average Bonchev–Trinajstić information content (AvgIpc) is 3.14. The van der Waals surface area contributed by atoms with Gasteiger partial charge in [0, 0.05) is 42.1 Å². The van der Waals surface area contributed by atoms with E-state index in [-0.39, 0.29) is 11.6 Å². The van der Waals surface area contributed by atoms with Gasteiger partial charge in [0.1, 0.15) is 11.5 Å². The smallest absolute Gasteiger partial charge is 0.194 e. The van der Waals surface area contributed by atoms with E-state index >= 15 is 0 Å². The van der Waals surface area contributed by atoms with Crippen molar-refractivity contribution < 1.29 is 9.18 Å². The van der Waals surface area contributed by atoms with Crippen molar-refractivity contribution in [2.45, 2.75) is 26.7 Å². The van der Waals surface area contributed by atoms with E-state index in [0.29, 0.717) is 24.2 Å². The molecule has 0 bridgehead atoms. The Balaban J connectivity index is 1.47. The Morgan fingerprint density at radius 1 is 1.26 bits per heavy atom. The van der Waals surface area contributed by atoms with Gasteiger partial charge >= 0.3 is 0 Å². The highest BCUT2D eigenvalue weighted by Crippen LogP contribution is 2.25. The fourth-order valence-electron chi connectivity index (χ4n) is 3.54. The van der Waals surface area contributed by atoms with Crippen molar-refractivity contribution in [2.75, 3.05) is 29.5 Å². The van der Waals surface area contributed by atoms with E-state index < -0.39 is 0 Å². The van der Waals surface area contributed by atoms with Gasteiger partial charge in [0.2, 0.25) is 0 Å². The lowest BCUT2D eigenvalue weighted by atomic mass is 10.0. The first-order chi connectivity index (χ1) is 13.0. The third-order valence-corrected chi connectivity index (χ3v) is 6.73. The fraction of sp³-hybridized carbons (Fsp3) is 0.400. The van der Waals surface area contributed by atoms with Crippen molar-refractivity contribution >= 4 is 39.5 Å². The molecule has 1 aromatic carbocycles. The van der Waals surface area contributed by atoms with Gasteiger partial charge in [0.25, 0.3) is 0 Å². The first kappa shape index (κ1) is 18.5. The summed E-state index contributed by atoms with van der Waals surface area (Å²) in [5.41, 5.74) is 2.94. The maximum absolute atomic E-state index is 14.6. The summed E-state index contributed by atoms with van der Waals surface area (Å²) in [7, 11) is 0. The molecule has 3 aromatic rings. The summed E-state index contributed by atoms with van der Waals surface area (Å²) in [6.07, 6.45) is 2.84. The molecule has 0 amide bonds. The van der Waals surface area contributed by atoms with Gasteiger partial charge in [-0.25, -0.2) is 9.37 Å². The maximum atomic E-state index is 14.6. The number of ketones is 1. The number of hydrogen-bond acceptors (Lipinski definition) is 5. The number of carbonyl (C=O) groups is 1. The summed E-state index contributed by atoms with van der Waals surface area (Å²) in [6, 6.07) is 5.38. The molecule has 0 saturated carbocycles. The normalized spacial score (nSPS) is 14.9. The van der Waals surface area contributed by atoms with Crippen molar-refractivity contribution in [3.05, 3.63) is 52.0 Å². The Bertz CT molecular complexity index is 989. The molecule has 0 N–H and O–H groups in total. The quantitative estimate of drug-likeness (QED) is 0.587. The molecular weight excluding hydrogens is 381 g/mol. The number of hydrogen-bond donors (Lipinski definition) is 0. The summed E-state index contributed by atoms with van der Waals surface area (Å²) in [4.78, 5) is 21.3. The van der Waals surface area contributed by atoms with Crippen molar-refractivity contribution in [3.63, 3.8) is 0 Å². The lowest BCUT2D eigenvalue weighted by molar-refractivity contribution is 0.0976. The van der Waals surface area contributed by atoms with Crippen LogP contribution in [-0.4, -0.2) is 39.8 Å². The zero-order chi connectivity index (χ0) is 19.0. The van der Waals surface area contributed by atoms with E-state index in [9.17, 15) is 9.18 Å². The number of aromatic nitrogens is 2. The number of Topliss-reactive ketones (excluding diaryl/α,β-unsaturated/α-hetero) is 1. The van der Waals surface area contributed by atoms with E-state index in [2.05, 4.69) is 9.88 Å². The highest BCUT2D eigenvalue weighted by atomic mass is 32.2. The van der Waals surface area contributed by atoms with Gasteiger partial charge in [-0.05, 0) is 38.0 Å². The van der Waals surface area contributed by atoms with Gasteiger partial charge in [0.05, 0.1) is 11.4 Å². The molecule has 0 atom stereocenters. The van der Waals surface area contributed by atoms with Crippen LogP contribution in [-0.2, 0) is 6.42 Å². The van der Waals surface area contributed by atoms with Crippen molar-refractivity contribution in [2.24, 2.45) is 0 Å². The molecule has 0 unspecified atom stereocenters. The minimum atomic E-state index is -0.191. The SMILES string of the molecule is Cc1cn2c(C(=O)CCc3ccc(N4CCSCC4)c(F)c3)c(C)nc2s1. The number of halogens is 1. The van der Waals surface area contributed by atoms with Crippen molar-refractivity contribution in [1.29, 1.82) is 0 Å². The molecule has 3 heterocycles. The zero-order valence-electron chi connectivity index (χ0n) is 15.5. The molecule has 7 heteroatoms. The van der Waals surface area contributed by atoms with Gasteiger partial charge < -0.3 is 4.90 Å². The molecule has 0 radical (unpaired) electrons. The summed E-state index contributed by atoms with van der Waals surface area (Å²) >= 11 is 3.49. The fourth-order valence-corrected chi connectivity index (χ4v) is 5.32. The third kappa shape index (κ3) is 3.75. The zero-order valence-corrected chi connectivity index (χ0v) is 17.1. The number of carbonyl (C=O) groups excluding carboxylic acids is 1. The summed E-state index contributed by atoms with van der Waals surface area (Å²) in [6.45, 7) is 5.65. The number of nitrogens with zero attached hydrogens (tertiary/aromatic N) is 3. The molecule has 27 heavy (non-hydrogen) atoms. The molecule has 1 aliphatic rings. The standard InChI is InChI=1S/C20H22FN3OS2/c1-13-12-24-19(14(2)22-20(24)27-13)18(25)6-4-15-3-5-17(16(21)11-15)23-7-9-26-10-8-23/h3,5,11-12H,4,6-10H2,1-2H3. The van der Waals surface area contributed by atoms with E-state index in [0.717, 1.165) is 45.7 Å². The monoisotopic (exact) mass is 403 g/mol. The van der Waals surface area contributed by atoms with Crippen LogP contribution in [0.25, 0.3) is 4.96 Å². The molecule has 1 fully saturated rings. The summed E-state index contributed by atoms with van der Waals surface area (Å²) in [5.74, 6) is 1.94. The highest BCUT2D eigenvalue weighted by Gasteiger charge is 2.19.